The molecule has 0 spiro atoms. The van der Waals surface area contributed by atoms with Crippen LogP contribution in [0.15, 0.2) is 60.7 Å². The smallest absolute Gasteiger partial charge is 0.269 e. The molecule has 8 nitrogen and oxygen atoms in total. The van der Waals surface area contributed by atoms with Crippen molar-refractivity contribution in [2.45, 2.75) is 19.1 Å². The van der Waals surface area contributed by atoms with Crippen molar-refractivity contribution in [1.29, 1.82) is 5.26 Å². The highest BCUT2D eigenvalue weighted by Gasteiger charge is 2.25. The number of aliphatic hydroxyl groups is 1. The first-order valence-corrected chi connectivity index (χ1v) is 9.38. The van der Waals surface area contributed by atoms with E-state index in [0.29, 0.717) is 16.9 Å². The predicted octanol–water partition coefficient (Wildman–Crippen LogP) is 2.88. The van der Waals surface area contributed by atoms with Crippen LogP contribution in [-0.2, 0) is 4.79 Å². The number of carbonyl (C=O) groups is 2. The van der Waals surface area contributed by atoms with Crippen molar-refractivity contribution in [2.75, 3.05) is 5.32 Å². The molecular formula is C23H19N5O3. The molecule has 0 bridgehead atoms. The first kappa shape index (κ1) is 21.3. The summed E-state index contributed by atoms with van der Waals surface area (Å²) in [4.78, 5) is 28.4. The maximum atomic E-state index is 12.6. The normalized spacial score (nSPS) is 12.1. The van der Waals surface area contributed by atoms with Crippen molar-refractivity contribution >= 4 is 34.0 Å². The van der Waals surface area contributed by atoms with E-state index >= 15 is 0 Å². The minimum Gasteiger partial charge on any atom is -0.391 e. The van der Waals surface area contributed by atoms with E-state index in [1.54, 1.807) is 12.1 Å². The molecule has 31 heavy (non-hydrogen) atoms. The molecule has 0 aliphatic carbocycles. The SMILES string of the molecule is [C-]#[N+]c1ccc(N[C@@H](C(=O)NNC(=O)c2ccc(C#N)cc2)[C@@H](C)O)c2ccccc12. The van der Waals surface area contributed by atoms with Gasteiger partial charge in [-0.3, -0.25) is 20.4 Å². The Morgan fingerprint density at radius 3 is 2.32 bits per heavy atom. The number of benzene rings is 3. The zero-order valence-corrected chi connectivity index (χ0v) is 16.6. The second kappa shape index (κ2) is 9.40. The van der Waals surface area contributed by atoms with Crippen LogP contribution in [0.5, 0.6) is 0 Å². The third-order valence-electron chi connectivity index (χ3n) is 4.67. The van der Waals surface area contributed by atoms with Gasteiger partial charge in [0.1, 0.15) is 6.04 Å². The van der Waals surface area contributed by atoms with Crippen LogP contribution in [0, 0.1) is 17.9 Å². The quantitative estimate of drug-likeness (QED) is 0.379. The van der Waals surface area contributed by atoms with Crippen LogP contribution in [0.25, 0.3) is 15.6 Å². The lowest BCUT2D eigenvalue weighted by molar-refractivity contribution is -0.124. The van der Waals surface area contributed by atoms with Gasteiger partial charge in [0, 0.05) is 11.3 Å². The number of hydrogen-bond acceptors (Lipinski definition) is 5. The molecule has 4 N–H and O–H groups in total. The molecule has 2 amide bonds. The fourth-order valence-corrected chi connectivity index (χ4v) is 3.04. The van der Waals surface area contributed by atoms with Crippen LogP contribution in [-0.4, -0.2) is 29.1 Å². The van der Waals surface area contributed by atoms with Crippen LogP contribution >= 0.6 is 0 Å². The second-order valence-corrected chi connectivity index (χ2v) is 6.78. The lowest BCUT2D eigenvalue weighted by Crippen LogP contribution is -2.52. The summed E-state index contributed by atoms with van der Waals surface area (Å²) in [7, 11) is 0. The Kier molecular flexibility index (Phi) is 6.46. The number of amides is 2. The van der Waals surface area contributed by atoms with Crippen LogP contribution in [0.3, 0.4) is 0 Å². The Bertz CT molecular complexity index is 1210. The molecule has 3 rings (SSSR count). The number of aliphatic hydroxyl groups excluding tert-OH is 1. The molecule has 2 atom stereocenters. The predicted molar refractivity (Wildman–Crippen MR) is 116 cm³/mol. The number of fused-ring (bicyclic) bond motifs is 1. The van der Waals surface area contributed by atoms with Gasteiger partial charge in [0.2, 0.25) is 0 Å². The van der Waals surface area contributed by atoms with E-state index in [9.17, 15) is 14.7 Å². The van der Waals surface area contributed by atoms with Gasteiger partial charge in [0.05, 0.1) is 24.3 Å². The van der Waals surface area contributed by atoms with E-state index in [1.807, 2.05) is 30.3 Å². The zero-order valence-electron chi connectivity index (χ0n) is 16.6. The molecule has 0 aromatic heterocycles. The highest BCUT2D eigenvalue weighted by atomic mass is 16.3. The molecule has 0 fully saturated rings. The van der Waals surface area contributed by atoms with Gasteiger partial charge in [0.25, 0.3) is 11.8 Å². The van der Waals surface area contributed by atoms with E-state index < -0.39 is 24.0 Å². The largest absolute Gasteiger partial charge is 0.391 e. The molecule has 0 aliphatic heterocycles. The highest BCUT2D eigenvalue weighted by Crippen LogP contribution is 2.32. The summed E-state index contributed by atoms with van der Waals surface area (Å²) in [6.07, 6.45) is -1.08. The Balaban J connectivity index is 1.74. The molecular weight excluding hydrogens is 394 g/mol. The zero-order chi connectivity index (χ0) is 22.4. The standard InChI is InChI=1S/C23H19N5O3/c1-14(29)21(23(31)28-27-22(30)16-9-7-15(13-24)8-10-16)26-20-12-11-19(25-2)17-5-3-4-6-18(17)20/h3-12,14,21,26,29H,1H3,(H,27,30)(H,28,31)/t14-,21-/m1/s1. The monoisotopic (exact) mass is 413 g/mol. The molecule has 3 aromatic rings. The maximum Gasteiger partial charge on any atom is 0.269 e. The van der Waals surface area contributed by atoms with E-state index in [0.717, 1.165) is 10.8 Å². The number of anilines is 1. The molecule has 154 valence electrons. The van der Waals surface area contributed by atoms with E-state index in [-0.39, 0.29) is 5.56 Å². The number of nitrogens with zero attached hydrogens (tertiary/aromatic N) is 2. The summed E-state index contributed by atoms with van der Waals surface area (Å²) < 4.78 is 0. The molecule has 0 aliphatic rings. The number of hydrazine groups is 1. The van der Waals surface area contributed by atoms with Gasteiger partial charge >= 0.3 is 0 Å². The third kappa shape index (κ3) is 4.78. The van der Waals surface area contributed by atoms with Gasteiger partial charge in [-0.15, -0.1) is 0 Å². The van der Waals surface area contributed by atoms with Crippen LogP contribution in [0.2, 0.25) is 0 Å². The minimum absolute atomic E-state index is 0.265. The maximum absolute atomic E-state index is 12.6. The summed E-state index contributed by atoms with van der Waals surface area (Å²) >= 11 is 0. The molecule has 0 heterocycles. The molecule has 0 radical (unpaired) electrons. The summed E-state index contributed by atoms with van der Waals surface area (Å²) in [5.74, 6) is -1.20. The summed E-state index contributed by atoms with van der Waals surface area (Å²) in [6.45, 7) is 8.76. The summed E-state index contributed by atoms with van der Waals surface area (Å²) in [5.41, 5.74) is 6.34. The van der Waals surface area contributed by atoms with Gasteiger partial charge in [-0.2, -0.15) is 5.26 Å². The topological polar surface area (TPSA) is 119 Å². The number of hydrogen-bond donors (Lipinski definition) is 4. The van der Waals surface area contributed by atoms with Crippen molar-refractivity contribution in [3.8, 4) is 6.07 Å². The lowest BCUT2D eigenvalue weighted by Gasteiger charge is -2.23. The van der Waals surface area contributed by atoms with Gasteiger partial charge in [-0.25, -0.2) is 4.85 Å². The molecule has 3 aromatic carbocycles. The summed E-state index contributed by atoms with van der Waals surface area (Å²) in [6, 6.07) is 17.4. The van der Waals surface area contributed by atoms with E-state index in [4.69, 9.17) is 11.8 Å². The van der Waals surface area contributed by atoms with Crippen molar-refractivity contribution < 1.29 is 14.7 Å². The molecule has 0 saturated heterocycles. The highest BCUT2D eigenvalue weighted by molar-refractivity contribution is 6.03. The van der Waals surface area contributed by atoms with Crippen LogP contribution in [0.4, 0.5) is 11.4 Å². The van der Waals surface area contributed by atoms with Gasteiger partial charge in [-0.05, 0) is 48.0 Å². The average Bonchev–Trinajstić information content (AvgIpc) is 2.80. The molecule has 0 unspecified atom stereocenters. The number of nitrogens with one attached hydrogen (secondary N) is 3. The van der Waals surface area contributed by atoms with E-state index in [1.165, 1.54) is 31.2 Å². The third-order valence-corrected chi connectivity index (χ3v) is 4.67. The Hall–Kier alpha value is -4.40. The Morgan fingerprint density at radius 1 is 1.03 bits per heavy atom. The van der Waals surface area contributed by atoms with Crippen molar-refractivity contribution in [3.63, 3.8) is 0 Å². The molecule has 8 heteroatoms. The first-order valence-electron chi connectivity index (χ1n) is 9.38. The number of carbonyl (C=O) groups excluding carboxylic acids is 2. The summed E-state index contributed by atoms with van der Waals surface area (Å²) in [5, 5.41) is 23.4. The second-order valence-electron chi connectivity index (χ2n) is 6.78. The lowest BCUT2D eigenvalue weighted by atomic mass is 10.1. The Labute approximate surface area is 178 Å². The van der Waals surface area contributed by atoms with Gasteiger partial charge < -0.3 is 10.4 Å². The van der Waals surface area contributed by atoms with Crippen molar-refractivity contribution in [2.24, 2.45) is 0 Å². The average molecular weight is 413 g/mol. The molecule has 0 saturated carbocycles. The van der Waals surface area contributed by atoms with Gasteiger partial charge in [-0.1, -0.05) is 30.3 Å². The minimum atomic E-state index is -1.08. The Morgan fingerprint density at radius 2 is 1.71 bits per heavy atom. The number of nitriles is 1. The van der Waals surface area contributed by atoms with Crippen molar-refractivity contribution in [3.05, 3.63) is 83.2 Å². The van der Waals surface area contributed by atoms with Crippen molar-refractivity contribution in [1.82, 2.24) is 10.9 Å². The number of rotatable bonds is 5. The van der Waals surface area contributed by atoms with Crippen LogP contribution < -0.4 is 16.2 Å². The first-order chi connectivity index (χ1) is 14.9. The fraction of sp³-hybridized carbons (Fsp3) is 0.130. The van der Waals surface area contributed by atoms with E-state index in [2.05, 4.69) is 21.0 Å². The fourth-order valence-electron chi connectivity index (χ4n) is 3.04. The van der Waals surface area contributed by atoms with Gasteiger partial charge in [0.15, 0.2) is 5.69 Å². The van der Waals surface area contributed by atoms with Crippen LogP contribution in [0.1, 0.15) is 22.8 Å².